The summed E-state index contributed by atoms with van der Waals surface area (Å²) in [6.07, 6.45) is 0. The minimum Gasteiger partial charge on any atom is -0.467 e. The minimum absolute atomic E-state index is 0.135. The lowest BCUT2D eigenvalue weighted by atomic mass is 10.2. The van der Waals surface area contributed by atoms with Gasteiger partial charge in [0.15, 0.2) is 13.2 Å². The van der Waals surface area contributed by atoms with Gasteiger partial charge in [-0.15, -0.1) is 5.10 Å². The highest BCUT2D eigenvalue weighted by molar-refractivity contribution is 6.00. The van der Waals surface area contributed by atoms with Crippen molar-refractivity contribution < 1.29 is 19.1 Å². The molecule has 6 nitrogen and oxygen atoms in total. The first-order chi connectivity index (χ1) is 11.2. The molecule has 0 atom stereocenters. The number of ether oxygens (including phenoxy) is 2. The molecule has 0 radical (unpaired) electrons. The molecule has 6 heteroatoms. The molecule has 0 saturated heterocycles. The number of nitrogens with zero attached hydrogens (tertiary/aromatic N) is 2. The van der Waals surface area contributed by atoms with E-state index in [0.717, 1.165) is 0 Å². The SMILES string of the molecule is O=C(OCC1=NN(c2ccccc2)C(=O)CO1)c1ccccc1. The number of esters is 1. The molecule has 0 N–H and O–H groups in total. The zero-order valence-corrected chi connectivity index (χ0v) is 12.2. The van der Waals surface area contributed by atoms with Gasteiger partial charge in [0, 0.05) is 0 Å². The Labute approximate surface area is 132 Å². The molecule has 0 bridgehead atoms. The maximum absolute atomic E-state index is 11.9. The zero-order valence-electron chi connectivity index (χ0n) is 12.2. The molecule has 2 aromatic carbocycles. The van der Waals surface area contributed by atoms with Crippen LogP contribution in [0.3, 0.4) is 0 Å². The fourth-order valence-corrected chi connectivity index (χ4v) is 2.03. The van der Waals surface area contributed by atoms with Crippen LogP contribution in [0.5, 0.6) is 0 Å². The molecule has 0 saturated carbocycles. The van der Waals surface area contributed by atoms with Gasteiger partial charge in [0.2, 0.25) is 5.90 Å². The molecule has 2 aromatic rings. The topological polar surface area (TPSA) is 68.2 Å². The number of para-hydroxylation sites is 1. The van der Waals surface area contributed by atoms with Crippen LogP contribution in [0.2, 0.25) is 0 Å². The number of carbonyl (C=O) groups is 2. The van der Waals surface area contributed by atoms with Crippen LogP contribution in [0.25, 0.3) is 0 Å². The monoisotopic (exact) mass is 310 g/mol. The molecule has 0 aromatic heterocycles. The highest BCUT2D eigenvalue weighted by atomic mass is 16.6. The smallest absolute Gasteiger partial charge is 0.338 e. The summed E-state index contributed by atoms with van der Waals surface area (Å²) in [6, 6.07) is 17.6. The Morgan fingerprint density at radius 2 is 1.74 bits per heavy atom. The van der Waals surface area contributed by atoms with E-state index in [2.05, 4.69) is 5.10 Å². The number of benzene rings is 2. The van der Waals surface area contributed by atoms with Gasteiger partial charge in [-0.2, -0.15) is 5.01 Å². The molecule has 116 valence electrons. The predicted octanol–water partition coefficient (Wildman–Crippen LogP) is 2.22. The number of hydrogen-bond donors (Lipinski definition) is 0. The van der Waals surface area contributed by atoms with Crippen molar-refractivity contribution in [1.29, 1.82) is 0 Å². The Bertz CT molecular complexity index is 729. The van der Waals surface area contributed by atoms with E-state index in [1.165, 1.54) is 5.01 Å². The van der Waals surface area contributed by atoms with Crippen LogP contribution in [0, 0.1) is 0 Å². The lowest BCUT2D eigenvalue weighted by Gasteiger charge is -2.23. The van der Waals surface area contributed by atoms with Gasteiger partial charge in [-0.25, -0.2) is 4.79 Å². The lowest BCUT2D eigenvalue weighted by Crippen LogP contribution is -2.38. The summed E-state index contributed by atoms with van der Waals surface area (Å²) in [4.78, 5) is 23.8. The Balaban J connectivity index is 1.68. The van der Waals surface area contributed by atoms with Crippen LogP contribution in [-0.2, 0) is 14.3 Å². The minimum atomic E-state index is -0.472. The van der Waals surface area contributed by atoms with Crippen molar-refractivity contribution in [3.63, 3.8) is 0 Å². The largest absolute Gasteiger partial charge is 0.467 e. The molecular formula is C17H14N2O4. The van der Waals surface area contributed by atoms with Gasteiger partial charge in [0.05, 0.1) is 11.3 Å². The molecular weight excluding hydrogens is 296 g/mol. The van der Waals surface area contributed by atoms with Gasteiger partial charge < -0.3 is 9.47 Å². The number of carbonyl (C=O) groups excluding carboxylic acids is 2. The highest BCUT2D eigenvalue weighted by Gasteiger charge is 2.23. The average Bonchev–Trinajstić information content (AvgIpc) is 2.62. The van der Waals surface area contributed by atoms with Crippen molar-refractivity contribution in [3.8, 4) is 0 Å². The van der Waals surface area contributed by atoms with Crippen LogP contribution >= 0.6 is 0 Å². The van der Waals surface area contributed by atoms with E-state index in [4.69, 9.17) is 9.47 Å². The van der Waals surface area contributed by atoms with Crippen LogP contribution < -0.4 is 5.01 Å². The van der Waals surface area contributed by atoms with Crippen LogP contribution in [-0.4, -0.2) is 31.0 Å². The van der Waals surface area contributed by atoms with Gasteiger partial charge in [-0.05, 0) is 24.3 Å². The summed E-state index contributed by atoms with van der Waals surface area (Å²) in [7, 11) is 0. The number of hydrogen-bond acceptors (Lipinski definition) is 5. The van der Waals surface area contributed by atoms with E-state index in [0.29, 0.717) is 11.3 Å². The fourth-order valence-electron chi connectivity index (χ4n) is 2.03. The van der Waals surface area contributed by atoms with Crippen molar-refractivity contribution in [1.82, 2.24) is 0 Å². The normalized spacial score (nSPS) is 14.0. The maximum Gasteiger partial charge on any atom is 0.338 e. The number of hydrazone groups is 1. The molecule has 0 unspecified atom stereocenters. The Morgan fingerprint density at radius 3 is 2.43 bits per heavy atom. The Morgan fingerprint density at radius 1 is 1.09 bits per heavy atom. The third kappa shape index (κ3) is 3.55. The van der Waals surface area contributed by atoms with E-state index in [1.807, 2.05) is 24.3 Å². The van der Waals surface area contributed by atoms with Crippen LogP contribution in [0.1, 0.15) is 10.4 Å². The molecule has 0 aliphatic carbocycles. The van der Waals surface area contributed by atoms with Crippen molar-refractivity contribution in [2.45, 2.75) is 0 Å². The summed E-state index contributed by atoms with van der Waals surface area (Å²) in [5.74, 6) is -0.577. The van der Waals surface area contributed by atoms with E-state index < -0.39 is 5.97 Å². The highest BCUT2D eigenvalue weighted by Crippen LogP contribution is 2.17. The molecule has 23 heavy (non-hydrogen) atoms. The van der Waals surface area contributed by atoms with Crippen molar-refractivity contribution >= 4 is 23.5 Å². The van der Waals surface area contributed by atoms with E-state index in [1.54, 1.807) is 36.4 Å². The third-order valence-electron chi connectivity index (χ3n) is 3.15. The Hall–Kier alpha value is -3.15. The van der Waals surface area contributed by atoms with E-state index in [9.17, 15) is 9.59 Å². The van der Waals surface area contributed by atoms with Crippen molar-refractivity contribution in [2.75, 3.05) is 18.2 Å². The standard InChI is InChI=1S/C17H14N2O4/c20-16-12-22-15(18-19(16)14-9-5-2-6-10-14)11-23-17(21)13-7-3-1-4-8-13/h1-10H,11-12H2. The molecule has 0 fully saturated rings. The molecule has 3 rings (SSSR count). The molecule has 1 aliphatic rings. The van der Waals surface area contributed by atoms with Crippen LogP contribution in [0.15, 0.2) is 65.8 Å². The first-order valence-corrected chi connectivity index (χ1v) is 7.04. The average molecular weight is 310 g/mol. The van der Waals surface area contributed by atoms with Gasteiger partial charge in [0.1, 0.15) is 0 Å². The van der Waals surface area contributed by atoms with Gasteiger partial charge >= 0.3 is 5.97 Å². The molecule has 1 aliphatic heterocycles. The molecule has 1 heterocycles. The first-order valence-electron chi connectivity index (χ1n) is 7.04. The maximum atomic E-state index is 11.9. The number of amides is 1. The fraction of sp³-hybridized carbons (Fsp3) is 0.118. The zero-order chi connectivity index (χ0) is 16.1. The second kappa shape index (κ2) is 6.74. The van der Waals surface area contributed by atoms with Gasteiger partial charge in [-0.1, -0.05) is 36.4 Å². The first kappa shape index (κ1) is 14.8. The molecule has 0 spiro atoms. The lowest BCUT2D eigenvalue weighted by molar-refractivity contribution is -0.121. The van der Waals surface area contributed by atoms with Gasteiger partial charge in [0.25, 0.3) is 5.91 Å². The van der Waals surface area contributed by atoms with Crippen molar-refractivity contribution in [3.05, 3.63) is 66.2 Å². The van der Waals surface area contributed by atoms with Crippen molar-refractivity contribution in [2.24, 2.45) is 5.10 Å². The quantitative estimate of drug-likeness (QED) is 0.812. The third-order valence-corrected chi connectivity index (χ3v) is 3.15. The van der Waals surface area contributed by atoms with Gasteiger partial charge in [-0.3, -0.25) is 4.79 Å². The molecule has 1 amide bonds. The summed E-state index contributed by atoms with van der Waals surface area (Å²) >= 11 is 0. The van der Waals surface area contributed by atoms with E-state index in [-0.39, 0.29) is 25.0 Å². The Kier molecular flexibility index (Phi) is 4.33. The summed E-state index contributed by atoms with van der Waals surface area (Å²) < 4.78 is 10.4. The predicted molar refractivity (Wildman–Crippen MR) is 84.0 cm³/mol. The number of rotatable bonds is 4. The summed E-state index contributed by atoms with van der Waals surface area (Å²) in [6.45, 7) is -0.277. The summed E-state index contributed by atoms with van der Waals surface area (Å²) in [5, 5.41) is 5.34. The second-order valence-corrected chi connectivity index (χ2v) is 4.77. The summed E-state index contributed by atoms with van der Waals surface area (Å²) in [5.41, 5.74) is 1.08. The second-order valence-electron chi connectivity index (χ2n) is 4.77. The van der Waals surface area contributed by atoms with E-state index >= 15 is 0 Å². The van der Waals surface area contributed by atoms with Crippen LogP contribution in [0.4, 0.5) is 5.69 Å². The number of anilines is 1.